The highest BCUT2D eigenvalue weighted by molar-refractivity contribution is 6.36. The smallest absolute Gasteiger partial charge is 0.339 e. The SMILES string of the molecule is CNC(=O)/C=C\N(C=O)C1CCC(COC(=O)c2ccc(Cl)cc2Cl)O1. The van der Waals surface area contributed by atoms with E-state index in [2.05, 4.69) is 5.32 Å². The van der Waals surface area contributed by atoms with Crippen LogP contribution in [0, 0.1) is 0 Å². The second kappa shape index (κ2) is 9.56. The maximum atomic E-state index is 12.1. The van der Waals surface area contributed by atoms with Gasteiger partial charge in [0.15, 0.2) is 0 Å². The zero-order valence-electron chi connectivity index (χ0n) is 14.0. The molecule has 140 valence electrons. The Labute approximate surface area is 160 Å². The summed E-state index contributed by atoms with van der Waals surface area (Å²) in [7, 11) is 1.49. The molecule has 1 aliphatic heterocycles. The first-order valence-electron chi connectivity index (χ1n) is 7.85. The fourth-order valence-corrected chi connectivity index (χ4v) is 2.85. The molecule has 0 saturated carbocycles. The van der Waals surface area contributed by atoms with E-state index in [1.54, 1.807) is 6.07 Å². The molecule has 26 heavy (non-hydrogen) atoms. The van der Waals surface area contributed by atoms with E-state index in [4.69, 9.17) is 32.7 Å². The molecule has 9 heteroatoms. The van der Waals surface area contributed by atoms with Gasteiger partial charge in [-0.3, -0.25) is 14.5 Å². The average molecular weight is 401 g/mol. The Morgan fingerprint density at radius 2 is 2.15 bits per heavy atom. The molecule has 1 N–H and O–H groups in total. The molecule has 1 saturated heterocycles. The Morgan fingerprint density at radius 3 is 2.81 bits per heavy atom. The van der Waals surface area contributed by atoms with Crippen molar-refractivity contribution >= 4 is 41.5 Å². The van der Waals surface area contributed by atoms with E-state index in [1.807, 2.05) is 0 Å². The van der Waals surface area contributed by atoms with Crippen molar-refractivity contribution in [1.82, 2.24) is 10.2 Å². The molecule has 0 bridgehead atoms. The summed E-state index contributed by atoms with van der Waals surface area (Å²) in [4.78, 5) is 35.7. The van der Waals surface area contributed by atoms with Gasteiger partial charge in [-0.2, -0.15) is 0 Å². The van der Waals surface area contributed by atoms with Crippen LogP contribution >= 0.6 is 23.2 Å². The van der Waals surface area contributed by atoms with Crippen molar-refractivity contribution in [2.75, 3.05) is 13.7 Å². The van der Waals surface area contributed by atoms with Gasteiger partial charge >= 0.3 is 5.97 Å². The number of esters is 1. The maximum absolute atomic E-state index is 12.1. The van der Waals surface area contributed by atoms with Gasteiger partial charge in [-0.25, -0.2) is 4.79 Å². The summed E-state index contributed by atoms with van der Waals surface area (Å²) in [6.45, 7) is 0.0279. The molecule has 1 aromatic carbocycles. The normalized spacial score (nSPS) is 19.3. The van der Waals surface area contributed by atoms with E-state index < -0.39 is 12.2 Å². The van der Waals surface area contributed by atoms with Crippen LogP contribution in [0.5, 0.6) is 0 Å². The van der Waals surface area contributed by atoms with Gasteiger partial charge in [-0.15, -0.1) is 0 Å². The minimum Gasteiger partial charge on any atom is -0.459 e. The number of nitrogens with zero attached hydrogens (tertiary/aromatic N) is 1. The van der Waals surface area contributed by atoms with Gasteiger partial charge in [-0.05, 0) is 31.0 Å². The quantitative estimate of drug-likeness (QED) is 0.431. The number of benzene rings is 1. The summed E-state index contributed by atoms with van der Waals surface area (Å²) in [6.07, 6.45) is 3.44. The van der Waals surface area contributed by atoms with Gasteiger partial charge in [0.05, 0.1) is 16.7 Å². The molecule has 7 nitrogen and oxygen atoms in total. The van der Waals surface area contributed by atoms with Crippen LogP contribution in [-0.2, 0) is 19.1 Å². The lowest BCUT2D eigenvalue weighted by Gasteiger charge is -2.21. The summed E-state index contributed by atoms with van der Waals surface area (Å²) in [5.74, 6) is -0.911. The Morgan fingerprint density at radius 1 is 1.38 bits per heavy atom. The fraction of sp³-hybridized carbons (Fsp3) is 0.353. The number of hydrogen-bond donors (Lipinski definition) is 1. The van der Waals surface area contributed by atoms with Crippen LogP contribution < -0.4 is 5.32 Å². The van der Waals surface area contributed by atoms with Crippen LogP contribution in [0.25, 0.3) is 0 Å². The molecule has 0 aromatic heterocycles. The largest absolute Gasteiger partial charge is 0.459 e. The minimum absolute atomic E-state index is 0.0279. The number of carbonyl (C=O) groups is 3. The molecule has 2 amide bonds. The average Bonchev–Trinajstić information content (AvgIpc) is 3.08. The summed E-state index contributed by atoms with van der Waals surface area (Å²) in [5.41, 5.74) is 0.216. The number of nitrogens with one attached hydrogen (secondary N) is 1. The van der Waals surface area contributed by atoms with E-state index in [0.29, 0.717) is 24.3 Å². The monoisotopic (exact) mass is 400 g/mol. The molecule has 1 heterocycles. The summed E-state index contributed by atoms with van der Waals surface area (Å²) in [6, 6.07) is 4.50. The predicted molar refractivity (Wildman–Crippen MR) is 95.7 cm³/mol. The molecule has 1 fully saturated rings. The Hall–Kier alpha value is -2.09. The zero-order valence-corrected chi connectivity index (χ0v) is 15.5. The predicted octanol–water partition coefficient (Wildman–Crippen LogP) is 2.37. The van der Waals surface area contributed by atoms with E-state index in [9.17, 15) is 14.4 Å². The number of hydrogen-bond acceptors (Lipinski definition) is 5. The highest BCUT2D eigenvalue weighted by Crippen LogP contribution is 2.24. The first kappa shape index (κ1) is 20.2. The number of amides is 2. The molecular formula is C17H18Cl2N2O5. The van der Waals surface area contributed by atoms with Crippen molar-refractivity contribution < 1.29 is 23.9 Å². The van der Waals surface area contributed by atoms with Crippen LogP contribution in [0.2, 0.25) is 10.0 Å². The first-order valence-corrected chi connectivity index (χ1v) is 8.60. The molecule has 0 aliphatic carbocycles. The first-order chi connectivity index (χ1) is 12.4. The van der Waals surface area contributed by atoms with Gasteiger partial charge in [0.1, 0.15) is 12.8 Å². The van der Waals surface area contributed by atoms with Crippen LogP contribution in [0.15, 0.2) is 30.5 Å². The third kappa shape index (κ3) is 5.45. The molecule has 1 aromatic rings. The van der Waals surface area contributed by atoms with Crippen molar-refractivity contribution in [3.63, 3.8) is 0 Å². The van der Waals surface area contributed by atoms with Crippen molar-refractivity contribution in [2.24, 2.45) is 0 Å². The summed E-state index contributed by atoms with van der Waals surface area (Å²) in [5, 5.41) is 3.05. The topological polar surface area (TPSA) is 84.9 Å². The van der Waals surface area contributed by atoms with Crippen molar-refractivity contribution in [2.45, 2.75) is 25.2 Å². The maximum Gasteiger partial charge on any atom is 0.339 e. The van der Waals surface area contributed by atoms with E-state index >= 15 is 0 Å². The van der Waals surface area contributed by atoms with Crippen LogP contribution in [0.4, 0.5) is 0 Å². The fourth-order valence-electron chi connectivity index (χ4n) is 2.37. The number of likely N-dealkylation sites (N-methyl/N-ethyl adjacent to an activating group) is 1. The number of halogens is 2. The minimum atomic E-state index is -0.578. The molecule has 0 spiro atoms. The molecule has 1 aliphatic rings. The molecule has 2 atom stereocenters. The van der Waals surface area contributed by atoms with Crippen molar-refractivity contribution in [3.05, 3.63) is 46.1 Å². The third-order valence-electron chi connectivity index (χ3n) is 3.74. The van der Waals surface area contributed by atoms with E-state index in [0.717, 1.165) is 0 Å². The molecule has 0 radical (unpaired) electrons. The third-order valence-corrected chi connectivity index (χ3v) is 4.28. The van der Waals surface area contributed by atoms with Crippen LogP contribution in [0.3, 0.4) is 0 Å². The standard InChI is InChI=1S/C17H18Cl2N2O5/c1-20-15(23)6-7-21(10-22)16-5-3-12(26-16)9-25-17(24)13-4-2-11(18)8-14(13)19/h2,4,6-8,10,12,16H,3,5,9H2,1H3,(H,20,23)/b7-6-. The summed E-state index contributed by atoms with van der Waals surface area (Å²) < 4.78 is 10.9. The molecular weight excluding hydrogens is 383 g/mol. The lowest BCUT2D eigenvalue weighted by molar-refractivity contribution is -0.127. The van der Waals surface area contributed by atoms with Crippen LogP contribution in [-0.4, -0.2) is 49.2 Å². The second-order valence-corrected chi connectivity index (χ2v) is 6.34. The van der Waals surface area contributed by atoms with E-state index in [1.165, 1.54) is 36.4 Å². The van der Waals surface area contributed by atoms with Gasteiger partial charge in [-0.1, -0.05) is 23.2 Å². The highest BCUT2D eigenvalue weighted by atomic mass is 35.5. The van der Waals surface area contributed by atoms with Crippen molar-refractivity contribution in [3.8, 4) is 0 Å². The Balaban J connectivity index is 1.86. The van der Waals surface area contributed by atoms with Gasteiger partial charge < -0.3 is 14.8 Å². The number of ether oxygens (including phenoxy) is 2. The second-order valence-electron chi connectivity index (χ2n) is 5.50. The highest BCUT2D eigenvalue weighted by Gasteiger charge is 2.30. The van der Waals surface area contributed by atoms with Gasteiger partial charge in [0.2, 0.25) is 12.3 Å². The molecule has 2 unspecified atom stereocenters. The van der Waals surface area contributed by atoms with Gasteiger partial charge in [0.25, 0.3) is 0 Å². The summed E-state index contributed by atoms with van der Waals surface area (Å²) >= 11 is 11.8. The van der Waals surface area contributed by atoms with Crippen LogP contribution in [0.1, 0.15) is 23.2 Å². The number of rotatable bonds is 7. The Bertz CT molecular complexity index is 710. The number of carbonyl (C=O) groups excluding carboxylic acids is 3. The lowest BCUT2D eigenvalue weighted by Crippen LogP contribution is -2.31. The molecule has 2 rings (SSSR count). The zero-order chi connectivity index (χ0) is 19.1. The van der Waals surface area contributed by atoms with Gasteiger partial charge in [0, 0.05) is 24.3 Å². The van der Waals surface area contributed by atoms with Crippen molar-refractivity contribution in [1.29, 1.82) is 0 Å². The van der Waals surface area contributed by atoms with E-state index in [-0.39, 0.29) is 29.2 Å². The Kier molecular flexibility index (Phi) is 7.44. The lowest BCUT2D eigenvalue weighted by atomic mass is 10.2.